The zero-order valence-corrected chi connectivity index (χ0v) is 20.2. The molecule has 1 aromatic heterocycles. The first-order chi connectivity index (χ1) is 16.9. The van der Waals surface area contributed by atoms with Crippen LogP contribution in [0.15, 0.2) is 59.4 Å². The SMILES string of the molecule is CC(C)c1ccc(N=CC(=CN)C(=O)Nc2ccc(C3(C#N)CCC4(CC3)OCCO4)nc2)cc1. The molecule has 2 aliphatic rings. The molecule has 0 bridgehead atoms. The number of nitrogens with two attached hydrogens (primary N) is 1. The van der Waals surface area contributed by atoms with E-state index < -0.39 is 17.1 Å². The number of carbonyl (C=O) groups is 1. The van der Waals surface area contributed by atoms with E-state index in [1.165, 1.54) is 18.0 Å². The quantitative estimate of drug-likeness (QED) is 0.471. The molecule has 0 atom stereocenters. The predicted molar refractivity (Wildman–Crippen MR) is 134 cm³/mol. The third kappa shape index (κ3) is 5.42. The van der Waals surface area contributed by atoms with Crippen molar-refractivity contribution in [1.82, 2.24) is 4.98 Å². The monoisotopic (exact) mass is 473 g/mol. The first-order valence-corrected chi connectivity index (χ1v) is 11.9. The van der Waals surface area contributed by atoms with Crippen molar-refractivity contribution in [3.8, 4) is 6.07 Å². The van der Waals surface area contributed by atoms with Crippen molar-refractivity contribution >= 4 is 23.5 Å². The van der Waals surface area contributed by atoms with Crippen LogP contribution in [0.4, 0.5) is 11.4 Å². The van der Waals surface area contributed by atoms with Gasteiger partial charge in [0.2, 0.25) is 0 Å². The summed E-state index contributed by atoms with van der Waals surface area (Å²) in [6.07, 6.45) is 6.76. The number of nitrogens with one attached hydrogen (secondary N) is 1. The van der Waals surface area contributed by atoms with Crippen LogP contribution in [0, 0.1) is 11.3 Å². The minimum Gasteiger partial charge on any atom is -0.404 e. The fourth-order valence-electron chi connectivity index (χ4n) is 4.49. The van der Waals surface area contributed by atoms with E-state index in [1.54, 1.807) is 18.3 Å². The van der Waals surface area contributed by atoms with Crippen LogP contribution in [0.1, 0.15) is 56.7 Å². The van der Waals surface area contributed by atoms with Crippen LogP contribution in [0.2, 0.25) is 0 Å². The van der Waals surface area contributed by atoms with Gasteiger partial charge < -0.3 is 20.5 Å². The topological polar surface area (TPSA) is 123 Å². The maximum absolute atomic E-state index is 12.7. The molecule has 3 N–H and O–H groups in total. The van der Waals surface area contributed by atoms with Gasteiger partial charge in [-0.1, -0.05) is 26.0 Å². The molecule has 0 unspecified atom stereocenters. The van der Waals surface area contributed by atoms with Gasteiger partial charge in [0.15, 0.2) is 5.79 Å². The minimum absolute atomic E-state index is 0.227. The first-order valence-electron chi connectivity index (χ1n) is 11.9. The summed E-state index contributed by atoms with van der Waals surface area (Å²) < 4.78 is 11.6. The Morgan fingerprint density at radius 1 is 1.14 bits per heavy atom. The number of nitrogens with zero attached hydrogens (tertiary/aromatic N) is 3. The van der Waals surface area contributed by atoms with E-state index in [-0.39, 0.29) is 5.57 Å². The maximum Gasteiger partial charge on any atom is 0.258 e. The van der Waals surface area contributed by atoms with E-state index in [2.05, 4.69) is 35.2 Å². The van der Waals surface area contributed by atoms with Gasteiger partial charge in [-0.05, 0) is 48.6 Å². The standard InChI is InChI=1S/C27H31N5O3/c1-19(2)20-3-5-22(6-4-20)30-16-21(15-28)25(33)32-23-7-8-24(31-17-23)26(18-29)9-11-27(12-10-26)34-13-14-35-27/h3-8,15-17,19H,9-14,28H2,1-2H3,(H,32,33). The largest absolute Gasteiger partial charge is 0.404 e. The molecule has 8 heteroatoms. The summed E-state index contributed by atoms with van der Waals surface area (Å²) in [6.45, 7) is 5.45. The van der Waals surface area contributed by atoms with Crippen molar-refractivity contribution in [3.05, 3.63) is 65.6 Å². The van der Waals surface area contributed by atoms with Crippen LogP contribution >= 0.6 is 0 Å². The number of pyridine rings is 1. The lowest BCUT2D eigenvalue weighted by Crippen LogP contribution is -2.41. The Balaban J connectivity index is 1.39. The molecular formula is C27H31N5O3. The van der Waals surface area contributed by atoms with E-state index in [0.717, 1.165) is 5.69 Å². The molecule has 8 nitrogen and oxygen atoms in total. The van der Waals surface area contributed by atoms with Gasteiger partial charge >= 0.3 is 0 Å². The molecule has 35 heavy (non-hydrogen) atoms. The molecule has 1 aliphatic carbocycles. The summed E-state index contributed by atoms with van der Waals surface area (Å²) in [4.78, 5) is 21.6. The van der Waals surface area contributed by atoms with E-state index in [9.17, 15) is 10.1 Å². The van der Waals surface area contributed by atoms with Crippen LogP contribution in [0.3, 0.4) is 0 Å². The molecule has 1 aliphatic heterocycles. The van der Waals surface area contributed by atoms with Gasteiger partial charge in [0.1, 0.15) is 0 Å². The first kappa shape index (κ1) is 24.6. The molecule has 1 saturated heterocycles. The number of anilines is 1. The normalized spacial score (nSPS) is 19.2. The number of hydrogen-bond acceptors (Lipinski definition) is 7. The molecule has 2 heterocycles. The summed E-state index contributed by atoms with van der Waals surface area (Å²) >= 11 is 0. The lowest BCUT2D eigenvalue weighted by atomic mass is 9.70. The maximum atomic E-state index is 12.7. The molecule has 1 spiro atoms. The summed E-state index contributed by atoms with van der Waals surface area (Å²) in [7, 11) is 0. The van der Waals surface area contributed by atoms with Gasteiger partial charge in [0, 0.05) is 25.3 Å². The summed E-state index contributed by atoms with van der Waals surface area (Å²) in [5.74, 6) is -0.502. The fourth-order valence-corrected chi connectivity index (χ4v) is 4.49. The molecule has 1 saturated carbocycles. The highest BCUT2D eigenvalue weighted by atomic mass is 16.7. The van der Waals surface area contributed by atoms with Gasteiger partial charge in [-0.3, -0.25) is 14.8 Å². The summed E-state index contributed by atoms with van der Waals surface area (Å²) in [6, 6.07) is 13.9. The van der Waals surface area contributed by atoms with Gasteiger partial charge in [-0.15, -0.1) is 0 Å². The number of aliphatic imine (C=N–C) groups is 1. The number of aromatic nitrogens is 1. The van der Waals surface area contributed by atoms with Crippen molar-refractivity contribution in [2.75, 3.05) is 18.5 Å². The average Bonchev–Trinajstić information content (AvgIpc) is 3.34. The van der Waals surface area contributed by atoms with E-state index in [0.29, 0.717) is 56.2 Å². The Hall–Kier alpha value is -3.54. The number of ether oxygens (including phenoxy) is 2. The molecule has 4 rings (SSSR count). The highest BCUT2D eigenvalue weighted by Gasteiger charge is 2.48. The number of carbonyl (C=O) groups excluding carboxylic acids is 1. The Morgan fingerprint density at radius 3 is 2.37 bits per heavy atom. The van der Waals surface area contributed by atoms with Crippen molar-refractivity contribution in [1.29, 1.82) is 5.26 Å². The van der Waals surface area contributed by atoms with Gasteiger partial charge in [-0.2, -0.15) is 5.26 Å². The van der Waals surface area contributed by atoms with Gasteiger partial charge in [0.05, 0.1) is 53.5 Å². The van der Waals surface area contributed by atoms with Gasteiger partial charge in [0.25, 0.3) is 5.91 Å². The Labute approximate surface area is 205 Å². The van der Waals surface area contributed by atoms with Crippen molar-refractivity contribution in [3.63, 3.8) is 0 Å². The molecule has 0 radical (unpaired) electrons. The second-order valence-corrected chi connectivity index (χ2v) is 9.31. The summed E-state index contributed by atoms with van der Waals surface area (Å²) in [5.41, 5.74) is 8.36. The van der Waals surface area contributed by atoms with Crippen molar-refractivity contribution < 1.29 is 14.3 Å². The molecule has 2 aromatic rings. The molecule has 1 aromatic carbocycles. The van der Waals surface area contributed by atoms with Crippen LogP contribution in [0.5, 0.6) is 0 Å². The van der Waals surface area contributed by atoms with E-state index in [1.807, 2.05) is 24.3 Å². The molecule has 182 valence electrons. The number of rotatable bonds is 6. The van der Waals surface area contributed by atoms with Gasteiger partial charge in [-0.25, -0.2) is 0 Å². The highest BCUT2D eigenvalue weighted by Crippen LogP contribution is 2.45. The number of amides is 1. The number of hydrogen-bond donors (Lipinski definition) is 2. The number of nitriles is 1. The minimum atomic E-state index is -0.691. The highest BCUT2D eigenvalue weighted by molar-refractivity contribution is 6.17. The molecular weight excluding hydrogens is 442 g/mol. The van der Waals surface area contributed by atoms with Crippen molar-refractivity contribution in [2.24, 2.45) is 10.7 Å². The van der Waals surface area contributed by atoms with Crippen LogP contribution in [0.25, 0.3) is 0 Å². The molecule has 2 fully saturated rings. The lowest BCUT2D eigenvalue weighted by molar-refractivity contribution is -0.182. The van der Waals surface area contributed by atoms with Crippen molar-refractivity contribution in [2.45, 2.75) is 56.7 Å². The van der Waals surface area contributed by atoms with E-state index >= 15 is 0 Å². The zero-order valence-electron chi connectivity index (χ0n) is 20.2. The fraction of sp³-hybridized carbons (Fsp3) is 0.407. The Morgan fingerprint density at radius 2 is 1.83 bits per heavy atom. The number of benzene rings is 1. The van der Waals surface area contributed by atoms with Crippen LogP contribution in [-0.4, -0.2) is 36.1 Å². The predicted octanol–water partition coefficient (Wildman–Crippen LogP) is 4.47. The van der Waals surface area contributed by atoms with E-state index in [4.69, 9.17) is 15.2 Å². The third-order valence-corrected chi connectivity index (χ3v) is 6.76. The Bertz CT molecular complexity index is 1130. The zero-order chi connectivity index (χ0) is 24.9. The lowest BCUT2D eigenvalue weighted by Gasteiger charge is -2.39. The average molecular weight is 474 g/mol. The smallest absolute Gasteiger partial charge is 0.258 e. The van der Waals surface area contributed by atoms with Crippen LogP contribution in [-0.2, 0) is 19.7 Å². The second kappa shape index (κ2) is 10.4. The van der Waals surface area contributed by atoms with Crippen LogP contribution < -0.4 is 11.1 Å². The third-order valence-electron chi connectivity index (χ3n) is 6.76. The summed E-state index contributed by atoms with van der Waals surface area (Å²) in [5, 5.41) is 12.8. The second-order valence-electron chi connectivity index (χ2n) is 9.31. The molecule has 1 amide bonds. The Kier molecular flexibility index (Phi) is 7.29.